The van der Waals surface area contributed by atoms with Gasteiger partial charge >= 0.3 is 0 Å². The highest BCUT2D eigenvalue weighted by Gasteiger charge is 2.26. The Morgan fingerprint density at radius 2 is 1.96 bits per heavy atom. The number of benzene rings is 1. The molecular weight excluding hydrogens is 294 g/mol. The average molecular weight is 313 g/mol. The Kier molecular flexibility index (Phi) is 4.32. The van der Waals surface area contributed by atoms with E-state index in [1.807, 2.05) is 0 Å². The Hall–Kier alpha value is -2.76. The number of hydrogen-bond donors (Lipinski definition) is 2. The van der Waals surface area contributed by atoms with Gasteiger partial charge in [0.05, 0.1) is 6.26 Å². The van der Waals surface area contributed by atoms with Gasteiger partial charge < -0.3 is 20.4 Å². The molecule has 3 rings (SSSR count). The van der Waals surface area contributed by atoms with E-state index < -0.39 is 0 Å². The van der Waals surface area contributed by atoms with Crippen LogP contribution in [0.1, 0.15) is 33.8 Å². The zero-order chi connectivity index (χ0) is 16.2. The molecule has 1 aromatic heterocycles. The van der Waals surface area contributed by atoms with Crippen molar-refractivity contribution in [3.63, 3.8) is 0 Å². The Morgan fingerprint density at radius 1 is 1.17 bits per heavy atom. The lowest BCUT2D eigenvalue weighted by Crippen LogP contribution is -2.46. The first-order valence-corrected chi connectivity index (χ1v) is 7.62. The second-order valence-electron chi connectivity index (χ2n) is 5.64. The summed E-state index contributed by atoms with van der Waals surface area (Å²) in [4.78, 5) is 26.1. The molecule has 0 saturated carbocycles. The molecule has 1 fully saturated rings. The second-order valence-corrected chi connectivity index (χ2v) is 5.64. The van der Waals surface area contributed by atoms with E-state index in [0.717, 1.165) is 12.8 Å². The number of nitrogens with one attached hydrogen (secondary N) is 1. The summed E-state index contributed by atoms with van der Waals surface area (Å²) < 4.78 is 5.14. The normalized spacial score (nSPS) is 15.4. The lowest BCUT2D eigenvalue weighted by Gasteiger charge is -2.31. The maximum Gasteiger partial charge on any atom is 0.289 e. The molecule has 2 heterocycles. The first kappa shape index (κ1) is 15.1. The van der Waals surface area contributed by atoms with E-state index in [1.165, 1.54) is 6.26 Å². The summed E-state index contributed by atoms with van der Waals surface area (Å²) in [7, 11) is 0. The Morgan fingerprint density at radius 3 is 2.61 bits per heavy atom. The van der Waals surface area contributed by atoms with E-state index in [0.29, 0.717) is 30.1 Å². The van der Waals surface area contributed by atoms with Crippen LogP contribution in [0.25, 0.3) is 0 Å². The number of nitrogens with zero attached hydrogens (tertiary/aromatic N) is 1. The SMILES string of the molecule is Nc1cccc(C(=O)NC2CCN(C(=O)c3ccco3)CC2)c1. The van der Waals surface area contributed by atoms with Gasteiger partial charge in [0.15, 0.2) is 5.76 Å². The van der Waals surface area contributed by atoms with E-state index in [1.54, 1.807) is 41.3 Å². The van der Waals surface area contributed by atoms with Crippen LogP contribution in [-0.2, 0) is 0 Å². The molecule has 6 nitrogen and oxygen atoms in total. The fourth-order valence-corrected chi connectivity index (χ4v) is 2.73. The molecule has 2 amide bonds. The molecule has 3 N–H and O–H groups in total. The first-order valence-electron chi connectivity index (χ1n) is 7.62. The zero-order valence-electron chi connectivity index (χ0n) is 12.7. The molecule has 1 saturated heterocycles. The van der Waals surface area contributed by atoms with Gasteiger partial charge in [-0.3, -0.25) is 9.59 Å². The molecule has 1 aromatic carbocycles. The third kappa shape index (κ3) is 3.53. The number of nitrogens with two attached hydrogens (primary N) is 1. The third-order valence-electron chi connectivity index (χ3n) is 4.00. The third-order valence-corrected chi connectivity index (χ3v) is 4.00. The lowest BCUT2D eigenvalue weighted by atomic mass is 10.0. The number of furan rings is 1. The van der Waals surface area contributed by atoms with E-state index in [-0.39, 0.29) is 17.9 Å². The summed E-state index contributed by atoms with van der Waals surface area (Å²) >= 11 is 0. The fraction of sp³-hybridized carbons (Fsp3) is 0.294. The maximum atomic E-state index is 12.2. The quantitative estimate of drug-likeness (QED) is 0.847. The van der Waals surface area contributed by atoms with Crippen molar-refractivity contribution in [1.29, 1.82) is 0 Å². The molecule has 0 radical (unpaired) electrons. The number of carbonyl (C=O) groups excluding carboxylic acids is 2. The summed E-state index contributed by atoms with van der Waals surface area (Å²) in [5.41, 5.74) is 6.82. The maximum absolute atomic E-state index is 12.2. The average Bonchev–Trinajstić information content (AvgIpc) is 3.09. The first-order chi connectivity index (χ1) is 11.1. The van der Waals surface area contributed by atoms with Crippen LogP contribution < -0.4 is 11.1 Å². The Labute approximate surface area is 134 Å². The molecule has 6 heteroatoms. The van der Waals surface area contributed by atoms with E-state index >= 15 is 0 Å². The fourth-order valence-electron chi connectivity index (χ4n) is 2.73. The largest absolute Gasteiger partial charge is 0.459 e. The minimum absolute atomic E-state index is 0.0598. The van der Waals surface area contributed by atoms with Crippen LogP contribution in [0.2, 0.25) is 0 Å². The van der Waals surface area contributed by atoms with Gasteiger partial charge in [-0.05, 0) is 43.2 Å². The summed E-state index contributed by atoms with van der Waals surface area (Å²) in [6, 6.07) is 10.3. The highest BCUT2D eigenvalue weighted by Crippen LogP contribution is 2.15. The van der Waals surface area contributed by atoms with Crippen molar-refractivity contribution in [3.05, 3.63) is 54.0 Å². The molecule has 0 atom stereocenters. The number of rotatable bonds is 3. The number of amides is 2. The van der Waals surface area contributed by atoms with Gasteiger partial charge in [0.2, 0.25) is 0 Å². The highest BCUT2D eigenvalue weighted by molar-refractivity contribution is 5.95. The van der Waals surface area contributed by atoms with Gasteiger partial charge in [-0.25, -0.2) is 0 Å². The summed E-state index contributed by atoms with van der Waals surface area (Å²) in [6.45, 7) is 1.20. The van der Waals surface area contributed by atoms with Crippen molar-refractivity contribution < 1.29 is 14.0 Å². The molecule has 23 heavy (non-hydrogen) atoms. The van der Waals surface area contributed by atoms with Gasteiger partial charge in [0.25, 0.3) is 11.8 Å². The van der Waals surface area contributed by atoms with Crippen molar-refractivity contribution in [2.24, 2.45) is 0 Å². The van der Waals surface area contributed by atoms with E-state index in [4.69, 9.17) is 10.2 Å². The number of anilines is 1. The molecule has 1 aliphatic heterocycles. The molecule has 0 unspecified atom stereocenters. The van der Waals surface area contributed by atoms with Crippen LogP contribution in [0, 0.1) is 0 Å². The monoisotopic (exact) mass is 313 g/mol. The predicted octanol–water partition coefficient (Wildman–Crippen LogP) is 1.90. The second kappa shape index (κ2) is 6.56. The summed E-state index contributed by atoms with van der Waals surface area (Å²) in [6.07, 6.45) is 2.94. The van der Waals surface area contributed by atoms with Crippen molar-refractivity contribution in [2.45, 2.75) is 18.9 Å². The molecule has 0 spiro atoms. The van der Waals surface area contributed by atoms with E-state index in [9.17, 15) is 9.59 Å². The van der Waals surface area contributed by atoms with Crippen molar-refractivity contribution >= 4 is 17.5 Å². The topological polar surface area (TPSA) is 88.6 Å². The highest BCUT2D eigenvalue weighted by atomic mass is 16.3. The van der Waals surface area contributed by atoms with E-state index in [2.05, 4.69) is 5.32 Å². The van der Waals surface area contributed by atoms with Crippen molar-refractivity contribution in [2.75, 3.05) is 18.8 Å². The molecule has 0 bridgehead atoms. The molecule has 2 aromatic rings. The number of likely N-dealkylation sites (tertiary alicyclic amines) is 1. The van der Waals surface area contributed by atoms with Crippen LogP contribution in [0.15, 0.2) is 47.1 Å². The molecule has 120 valence electrons. The lowest BCUT2D eigenvalue weighted by molar-refractivity contribution is 0.0667. The van der Waals surface area contributed by atoms with Gasteiger partial charge in [-0.15, -0.1) is 0 Å². The van der Waals surface area contributed by atoms with Crippen LogP contribution in [0.3, 0.4) is 0 Å². The summed E-state index contributed by atoms with van der Waals surface area (Å²) in [5, 5.41) is 3.00. The predicted molar refractivity (Wildman–Crippen MR) is 86.0 cm³/mol. The van der Waals surface area contributed by atoms with Crippen LogP contribution >= 0.6 is 0 Å². The molecule has 1 aliphatic rings. The minimum atomic E-state index is -0.131. The van der Waals surface area contributed by atoms with Gasteiger partial charge in [-0.2, -0.15) is 0 Å². The number of nitrogen functional groups attached to an aromatic ring is 1. The molecular formula is C17H19N3O3. The van der Waals surface area contributed by atoms with Gasteiger partial charge in [0, 0.05) is 30.4 Å². The van der Waals surface area contributed by atoms with Crippen LogP contribution in [0.5, 0.6) is 0 Å². The Bertz CT molecular complexity index is 689. The number of hydrogen-bond acceptors (Lipinski definition) is 4. The van der Waals surface area contributed by atoms with Gasteiger partial charge in [0.1, 0.15) is 0 Å². The zero-order valence-corrected chi connectivity index (χ0v) is 12.7. The van der Waals surface area contributed by atoms with Crippen LogP contribution in [-0.4, -0.2) is 35.8 Å². The van der Waals surface area contributed by atoms with Gasteiger partial charge in [-0.1, -0.05) is 6.07 Å². The number of piperidine rings is 1. The smallest absolute Gasteiger partial charge is 0.289 e. The number of carbonyl (C=O) groups is 2. The van der Waals surface area contributed by atoms with Crippen molar-refractivity contribution in [1.82, 2.24) is 10.2 Å². The standard InChI is InChI=1S/C17H19N3O3/c18-13-4-1-3-12(11-13)16(21)19-14-6-8-20(9-7-14)17(22)15-5-2-10-23-15/h1-5,10-11,14H,6-9,18H2,(H,19,21). The Balaban J connectivity index is 1.53. The van der Waals surface area contributed by atoms with Crippen LogP contribution in [0.4, 0.5) is 5.69 Å². The minimum Gasteiger partial charge on any atom is -0.459 e. The molecule has 0 aliphatic carbocycles. The summed E-state index contributed by atoms with van der Waals surface area (Å²) in [5.74, 6) is 0.121. The van der Waals surface area contributed by atoms with Crippen molar-refractivity contribution in [3.8, 4) is 0 Å².